The van der Waals surface area contributed by atoms with Gasteiger partial charge >= 0.3 is 5.82 Å². The highest BCUT2D eigenvalue weighted by atomic mass is 127. The van der Waals surface area contributed by atoms with E-state index in [1.165, 1.54) is 16.7 Å². The number of rotatable bonds is 3. The Morgan fingerprint density at radius 1 is 0.667 bits per heavy atom. The van der Waals surface area contributed by atoms with Crippen molar-refractivity contribution in [3.63, 3.8) is 0 Å². The molecule has 3 aromatic carbocycles. The summed E-state index contributed by atoms with van der Waals surface area (Å²) in [6, 6.07) is 24.9. The fraction of sp³-hybridized carbons (Fsp3) is 0.136. The van der Waals surface area contributed by atoms with Gasteiger partial charge < -0.3 is 24.0 Å². The van der Waals surface area contributed by atoms with Crippen LogP contribution in [0.3, 0.4) is 0 Å². The van der Waals surface area contributed by atoms with Crippen LogP contribution < -0.4 is 28.8 Å². The van der Waals surface area contributed by atoms with Crippen LogP contribution in [0.15, 0.2) is 72.8 Å². The first-order chi connectivity index (χ1) is 12.6. The lowest BCUT2D eigenvalue weighted by atomic mass is 10.1. The molecule has 0 aliphatic carbocycles. The van der Waals surface area contributed by atoms with Gasteiger partial charge in [-0.3, -0.25) is 0 Å². The molecular formula is C22H21IN4. The molecule has 27 heavy (non-hydrogen) atoms. The minimum Gasteiger partial charge on any atom is -1.00 e. The number of hydrogen-bond acceptors (Lipinski definition) is 2. The molecule has 0 saturated heterocycles. The molecule has 0 fully saturated rings. The van der Waals surface area contributed by atoms with Crippen LogP contribution in [0, 0.1) is 20.8 Å². The zero-order valence-electron chi connectivity index (χ0n) is 15.6. The van der Waals surface area contributed by atoms with Gasteiger partial charge in [0.1, 0.15) is 5.69 Å². The summed E-state index contributed by atoms with van der Waals surface area (Å²) in [5.74, 6) is 0.700. The molecule has 0 saturated carbocycles. The van der Waals surface area contributed by atoms with Crippen LogP contribution >= 0.6 is 0 Å². The molecule has 0 atom stereocenters. The van der Waals surface area contributed by atoms with Crippen molar-refractivity contribution < 1.29 is 28.8 Å². The Morgan fingerprint density at radius 3 is 1.70 bits per heavy atom. The smallest absolute Gasteiger partial charge is 0.340 e. The van der Waals surface area contributed by atoms with E-state index >= 15 is 0 Å². The van der Waals surface area contributed by atoms with E-state index in [0.29, 0.717) is 5.82 Å². The normalized spacial score (nSPS) is 10.5. The summed E-state index contributed by atoms with van der Waals surface area (Å²) in [5, 5.41) is 9.55. The van der Waals surface area contributed by atoms with Crippen molar-refractivity contribution in [2.24, 2.45) is 0 Å². The maximum atomic E-state index is 4.78. The SMILES string of the molecule is Cc1ccc(-c2nn(-c3ccc(C)cc3)[n+](-c3ccc(C)cc3)n2)cc1.[I-]. The molecule has 4 rings (SSSR count). The second kappa shape index (κ2) is 8.00. The summed E-state index contributed by atoms with van der Waals surface area (Å²) in [6.45, 7) is 6.24. The highest BCUT2D eigenvalue weighted by Crippen LogP contribution is 2.16. The molecule has 5 heteroatoms. The Labute approximate surface area is 176 Å². The lowest BCUT2D eigenvalue weighted by Crippen LogP contribution is -3.00. The van der Waals surface area contributed by atoms with Crippen molar-refractivity contribution >= 4 is 0 Å². The first-order valence-corrected chi connectivity index (χ1v) is 8.71. The van der Waals surface area contributed by atoms with E-state index in [0.717, 1.165) is 16.9 Å². The van der Waals surface area contributed by atoms with Gasteiger partial charge in [0.2, 0.25) is 0 Å². The molecule has 4 nitrogen and oxygen atoms in total. The van der Waals surface area contributed by atoms with Crippen LogP contribution in [-0.2, 0) is 0 Å². The summed E-state index contributed by atoms with van der Waals surface area (Å²) in [6.07, 6.45) is 0. The zero-order chi connectivity index (χ0) is 18.1. The van der Waals surface area contributed by atoms with E-state index in [4.69, 9.17) is 10.2 Å². The third kappa shape index (κ3) is 4.08. The average molecular weight is 468 g/mol. The van der Waals surface area contributed by atoms with Crippen LogP contribution in [-0.4, -0.2) is 15.0 Å². The molecule has 0 N–H and O–H groups in total. The van der Waals surface area contributed by atoms with Gasteiger partial charge in [-0.15, -0.1) is 0 Å². The molecule has 4 aromatic rings. The Balaban J connectivity index is 0.00000210. The fourth-order valence-corrected chi connectivity index (χ4v) is 2.79. The fourth-order valence-electron chi connectivity index (χ4n) is 2.79. The van der Waals surface area contributed by atoms with Gasteiger partial charge in [-0.1, -0.05) is 53.1 Å². The van der Waals surface area contributed by atoms with E-state index < -0.39 is 0 Å². The topological polar surface area (TPSA) is 34.6 Å². The quantitative estimate of drug-likeness (QED) is 0.334. The summed E-state index contributed by atoms with van der Waals surface area (Å²) < 4.78 is 0. The van der Waals surface area contributed by atoms with Crippen molar-refractivity contribution in [3.8, 4) is 22.8 Å². The van der Waals surface area contributed by atoms with Crippen LogP contribution in [0.4, 0.5) is 0 Å². The summed E-state index contributed by atoms with van der Waals surface area (Å²) in [4.78, 5) is 3.69. The first kappa shape index (κ1) is 19.2. The lowest BCUT2D eigenvalue weighted by Gasteiger charge is -2.00. The summed E-state index contributed by atoms with van der Waals surface area (Å²) in [7, 11) is 0. The predicted molar refractivity (Wildman–Crippen MR) is 103 cm³/mol. The lowest BCUT2D eigenvalue weighted by molar-refractivity contribution is -0.734. The molecule has 0 unspecified atom stereocenters. The monoisotopic (exact) mass is 468 g/mol. The van der Waals surface area contributed by atoms with Crippen molar-refractivity contribution in [1.82, 2.24) is 15.0 Å². The van der Waals surface area contributed by atoms with E-state index in [-0.39, 0.29) is 24.0 Å². The van der Waals surface area contributed by atoms with Gasteiger partial charge in [0.15, 0.2) is 5.69 Å². The van der Waals surface area contributed by atoms with Gasteiger partial charge in [-0.25, -0.2) is 0 Å². The van der Waals surface area contributed by atoms with E-state index in [1.54, 1.807) is 0 Å². The number of aromatic nitrogens is 4. The third-order valence-corrected chi connectivity index (χ3v) is 4.40. The maximum Gasteiger partial charge on any atom is 0.340 e. The van der Waals surface area contributed by atoms with Crippen LogP contribution in [0.5, 0.6) is 0 Å². The molecule has 1 heterocycles. The van der Waals surface area contributed by atoms with Gasteiger partial charge in [0, 0.05) is 4.80 Å². The Morgan fingerprint density at radius 2 is 1.15 bits per heavy atom. The Bertz CT molecular complexity index is 970. The van der Waals surface area contributed by atoms with Crippen molar-refractivity contribution in [2.75, 3.05) is 0 Å². The van der Waals surface area contributed by atoms with Gasteiger partial charge in [-0.2, -0.15) is 0 Å². The number of benzene rings is 3. The predicted octanol–water partition coefficient (Wildman–Crippen LogP) is 1.14. The number of halogens is 1. The summed E-state index contributed by atoms with van der Waals surface area (Å²) >= 11 is 0. The largest absolute Gasteiger partial charge is 1.00 e. The molecule has 0 spiro atoms. The standard InChI is InChI=1S/C22H21N4.HI/c1-16-4-10-19(11-5-16)22-23-25(20-12-6-17(2)7-13-20)26(24-22)21-14-8-18(3)9-15-21;/h4-15H,1-3H3;1H/q+1;/p-1. The Kier molecular flexibility index (Phi) is 5.70. The molecule has 0 bridgehead atoms. The average Bonchev–Trinajstić information content (AvgIpc) is 3.09. The van der Waals surface area contributed by atoms with Crippen LogP contribution in [0.2, 0.25) is 0 Å². The van der Waals surface area contributed by atoms with Crippen molar-refractivity contribution in [3.05, 3.63) is 89.5 Å². The van der Waals surface area contributed by atoms with Gasteiger partial charge in [0.05, 0.1) is 10.7 Å². The number of hydrogen-bond donors (Lipinski definition) is 0. The Hall–Kier alpha value is -2.54. The molecule has 0 radical (unpaired) electrons. The minimum atomic E-state index is 0. The number of aryl methyl sites for hydroxylation is 3. The highest BCUT2D eigenvalue weighted by molar-refractivity contribution is 5.54. The molecule has 0 aliphatic rings. The van der Waals surface area contributed by atoms with E-state index in [1.807, 2.05) is 9.59 Å². The van der Waals surface area contributed by atoms with Gasteiger partial charge in [0.25, 0.3) is 0 Å². The van der Waals surface area contributed by atoms with Gasteiger partial charge in [-0.05, 0) is 67.1 Å². The molecule has 0 amide bonds. The van der Waals surface area contributed by atoms with Crippen molar-refractivity contribution in [2.45, 2.75) is 20.8 Å². The zero-order valence-corrected chi connectivity index (χ0v) is 17.8. The highest BCUT2D eigenvalue weighted by Gasteiger charge is 2.23. The molecule has 1 aromatic heterocycles. The molecular weight excluding hydrogens is 447 g/mol. The van der Waals surface area contributed by atoms with Crippen LogP contribution in [0.1, 0.15) is 16.7 Å². The van der Waals surface area contributed by atoms with E-state index in [9.17, 15) is 0 Å². The number of nitrogens with zero attached hydrogens (tertiary/aromatic N) is 4. The second-order valence-electron chi connectivity index (χ2n) is 6.64. The summed E-state index contributed by atoms with van der Waals surface area (Å²) in [5.41, 5.74) is 6.61. The molecule has 136 valence electrons. The first-order valence-electron chi connectivity index (χ1n) is 8.71. The third-order valence-electron chi connectivity index (χ3n) is 4.40. The second-order valence-corrected chi connectivity index (χ2v) is 6.64. The van der Waals surface area contributed by atoms with E-state index in [2.05, 4.69) is 93.6 Å². The maximum absolute atomic E-state index is 4.78. The van der Waals surface area contributed by atoms with Crippen LogP contribution in [0.25, 0.3) is 22.8 Å². The van der Waals surface area contributed by atoms with Crippen molar-refractivity contribution in [1.29, 1.82) is 0 Å². The molecule has 0 aliphatic heterocycles. The number of tetrazole rings is 1. The minimum absolute atomic E-state index is 0.